The van der Waals surface area contributed by atoms with Gasteiger partial charge in [-0.05, 0) is 25.3 Å². The molecule has 5 nitrogen and oxygen atoms in total. The molecular weight excluding hydrogens is 254 g/mol. The molecule has 0 saturated carbocycles. The fraction of sp³-hybridized carbons (Fsp3) is 0.267. The summed E-state index contributed by atoms with van der Waals surface area (Å²) in [6, 6.07) is 7.49. The summed E-state index contributed by atoms with van der Waals surface area (Å²) < 4.78 is 0. The van der Waals surface area contributed by atoms with Crippen molar-refractivity contribution in [1.82, 2.24) is 9.97 Å². The van der Waals surface area contributed by atoms with Crippen LogP contribution in [0.15, 0.2) is 30.6 Å². The Morgan fingerprint density at radius 3 is 2.90 bits per heavy atom. The van der Waals surface area contributed by atoms with Crippen LogP contribution in [0, 0.1) is 0 Å². The number of carboxylic acid groups (broad SMARTS) is 1. The van der Waals surface area contributed by atoms with Crippen LogP contribution in [0.2, 0.25) is 0 Å². The van der Waals surface area contributed by atoms with Crippen LogP contribution in [-0.4, -0.2) is 27.1 Å². The maximum absolute atomic E-state index is 11.0. The highest BCUT2D eigenvalue weighted by atomic mass is 16.4. The molecule has 1 aliphatic carbocycles. The number of aromatic nitrogens is 2. The largest absolute Gasteiger partial charge is 0.480 e. The first kappa shape index (κ1) is 12.6. The molecule has 2 aromatic rings. The summed E-state index contributed by atoms with van der Waals surface area (Å²) in [5.41, 5.74) is 4.29. The van der Waals surface area contributed by atoms with Crippen molar-refractivity contribution >= 4 is 11.8 Å². The average Bonchev–Trinajstić information content (AvgIpc) is 2.47. The summed E-state index contributed by atoms with van der Waals surface area (Å²) in [4.78, 5) is 19.5. The van der Waals surface area contributed by atoms with Gasteiger partial charge in [0.05, 0.1) is 5.69 Å². The van der Waals surface area contributed by atoms with E-state index in [2.05, 4.69) is 21.4 Å². The van der Waals surface area contributed by atoms with Gasteiger partial charge in [0.1, 0.15) is 18.2 Å². The highest BCUT2D eigenvalue weighted by Crippen LogP contribution is 2.34. The number of hydrogen-bond donors (Lipinski definition) is 2. The zero-order valence-corrected chi connectivity index (χ0v) is 11.1. The number of fused-ring (bicyclic) bond motifs is 3. The number of carboxylic acids is 1. The molecule has 1 aliphatic rings. The number of aliphatic carboxylic acids is 1. The van der Waals surface area contributed by atoms with Crippen molar-refractivity contribution < 1.29 is 9.90 Å². The van der Waals surface area contributed by atoms with Crippen molar-refractivity contribution in [2.45, 2.75) is 25.8 Å². The molecule has 20 heavy (non-hydrogen) atoms. The highest BCUT2D eigenvalue weighted by Gasteiger charge is 2.22. The van der Waals surface area contributed by atoms with Gasteiger partial charge in [0.25, 0.3) is 0 Å². The number of hydrogen-bond acceptors (Lipinski definition) is 4. The van der Waals surface area contributed by atoms with E-state index in [-0.39, 0.29) is 0 Å². The van der Waals surface area contributed by atoms with Crippen LogP contribution in [0.3, 0.4) is 0 Å². The van der Waals surface area contributed by atoms with Gasteiger partial charge in [-0.15, -0.1) is 0 Å². The fourth-order valence-corrected chi connectivity index (χ4v) is 2.50. The molecule has 0 aliphatic heterocycles. The van der Waals surface area contributed by atoms with E-state index >= 15 is 0 Å². The molecule has 5 heteroatoms. The van der Waals surface area contributed by atoms with Crippen LogP contribution in [0.1, 0.15) is 18.1 Å². The number of aryl methyl sites for hydroxylation is 1. The zero-order chi connectivity index (χ0) is 14.1. The van der Waals surface area contributed by atoms with Gasteiger partial charge in [0.2, 0.25) is 0 Å². The average molecular weight is 269 g/mol. The van der Waals surface area contributed by atoms with Crippen LogP contribution < -0.4 is 5.32 Å². The van der Waals surface area contributed by atoms with Gasteiger partial charge >= 0.3 is 5.97 Å². The molecule has 1 atom stereocenters. The van der Waals surface area contributed by atoms with Crippen molar-refractivity contribution in [1.29, 1.82) is 0 Å². The molecule has 0 saturated heterocycles. The molecule has 1 aromatic carbocycles. The van der Waals surface area contributed by atoms with E-state index in [1.807, 2.05) is 18.2 Å². The van der Waals surface area contributed by atoms with Crippen molar-refractivity contribution in [3.8, 4) is 11.3 Å². The Balaban J connectivity index is 2.04. The Kier molecular flexibility index (Phi) is 3.10. The van der Waals surface area contributed by atoms with Crippen molar-refractivity contribution in [3.05, 3.63) is 41.7 Å². The van der Waals surface area contributed by atoms with E-state index in [9.17, 15) is 4.79 Å². The number of nitrogens with zero attached hydrogens (tertiary/aromatic N) is 2. The summed E-state index contributed by atoms with van der Waals surface area (Å²) >= 11 is 0. The third-order valence-corrected chi connectivity index (χ3v) is 3.59. The third-order valence-electron chi connectivity index (χ3n) is 3.59. The van der Waals surface area contributed by atoms with Crippen molar-refractivity contribution in [2.75, 3.05) is 5.32 Å². The zero-order valence-electron chi connectivity index (χ0n) is 11.1. The van der Waals surface area contributed by atoms with Gasteiger partial charge in [-0.1, -0.05) is 24.3 Å². The Morgan fingerprint density at radius 1 is 1.30 bits per heavy atom. The highest BCUT2D eigenvalue weighted by molar-refractivity contribution is 5.79. The molecule has 1 aromatic heterocycles. The summed E-state index contributed by atoms with van der Waals surface area (Å²) in [7, 11) is 0. The van der Waals surface area contributed by atoms with E-state index < -0.39 is 12.0 Å². The minimum absolute atomic E-state index is 0.624. The second kappa shape index (κ2) is 4.92. The first-order valence-electron chi connectivity index (χ1n) is 6.58. The van der Waals surface area contributed by atoms with Gasteiger partial charge in [0.15, 0.2) is 0 Å². The maximum Gasteiger partial charge on any atom is 0.325 e. The molecule has 1 heterocycles. The summed E-state index contributed by atoms with van der Waals surface area (Å²) in [5, 5.41) is 11.9. The number of benzene rings is 1. The predicted molar refractivity (Wildman–Crippen MR) is 75.6 cm³/mol. The second-order valence-corrected chi connectivity index (χ2v) is 4.91. The Morgan fingerprint density at radius 2 is 2.10 bits per heavy atom. The lowest BCUT2D eigenvalue weighted by molar-refractivity contribution is -0.137. The van der Waals surface area contributed by atoms with Crippen LogP contribution in [-0.2, 0) is 17.6 Å². The topological polar surface area (TPSA) is 75.1 Å². The second-order valence-electron chi connectivity index (χ2n) is 4.91. The predicted octanol–water partition coefficient (Wildman–Crippen LogP) is 2.13. The van der Waals surface area contributed by atoms with Crippen LogP contribution in [0.4, 0.5) is 5.82 Å². The molecule has 102 valence electrons. The van der Waals surface area contributed by atoms with Crippen LogP contribution in [0.25, 0.3) is 11.3 Å². The van der Waals surface area contributed by atoms with Gasteiger partial charge in [-0.25, -0.2) is 9.97 Å². The van der Waals surface area contributed by atoms with E-state index in [1.54, 1.807) is 6.92 Å². The molecule has 0 fully saturated rings. The van der Waals surface area contributed by atoms with E-state index in [0.29, 0.717) is 5.82 Å². The Bertz CT molecular complexity index is 670. The first-order valence-corrected chi connectivity index (χ1v) is 6.58. The summed E-state index contributed by atoms with van der Waals surface area (Å²) in [6.45, 7) is 1.60. The van der Waals surface area contributed by atoms with E-state index in [1.165, 1.54) is 11.9 Å². The van der Waals surface area contributed by atoms with Gasteiger partial charge in [0, 0.05) is 11.1 Å². The summed E-state index contributed by atoms with van der Waals surface area (Å²) in [5.74, 6) is -0.270. The normalized spacial score (nSPS) is 14.1. The quantitative estimate of drug-likeness (QED) is 0.892. The molecule has 0 radical (unpaired) electrons. The van der Waals surface area contributed by atoms with Gasteiger partial charge < -0.3 is 10.4 Å². The number of nitrogens with one attached hydrogen (secondary N) is 1. The molecular formula is C15H15N3O2. The number of rotatable bonds is 3. The third kappa shape index (κ3) is 2.11. The van der Waals surface area contributed by atoms with E-state index in [4.69, 9.17) is 5.11 Å². The van der Waals surface area contributed by atoms with E-state index in [0.717, 1.165) is 29.7 Å². The van der Waals surface area contributed by atoms with Gasteiger partial charge in [-0.2, -0.15) is 0 Å². The van der Waals surface area contributed by atoms with Crippen molar-refractivity contribution in [3.63, 3.8) is 0 Å². The van der Waals surface area contributed by atoms with Crippen LogP contribution >= 0.6 is 0 Å². The van der Waals surface area contributed by atoms with Crippen LogP contribution in [0.5, 0.6) is 0 Å². The minimum Gasteiger partial charge on any atom is -0.480 e. The minimum atomic E-state index is -0.895. The fourth-order valence-electron chi connectivity index (χ4n) is 2.50. The lowest BCUT2D eigenvalue weighted by atomic mass is 9.89. The smallest absolute Gasteiger partial charge is 0.325 e. The number of carbonyl (C=O) groups is 1. The molecule has 0 spiro atoms. The lowest BCUT2D eigenvalue weighted by Crippen LogP contribution is -2.27. The van der Waals surface area contributed by atoms with Crippen molar-refractivity contribution in [2.24, 2.45) is 0 Å². The lowest BCUT2D eigenvalue weighted by Gasteiger charge is -2.21. The number of anilines is 1. The molecule has 0 bridgehead atoms. The SMILES string of the molecule is CC(Nc1ncnc2c1CCc1ccccc1-2)C(=O)O. The Labute approximate surface area is 116 Å². The molecule has 3 rings (SSSR count). The monoisotopic (exact) mass is 269 g/mol. The molecule has 0 amide bonds. The van der Waals surface area contributed by atoms with Gasteiger partial charge in [-0.3, -0.25) is 4.79 Å². The first-order chi connectivity index (χ1) is 9.66. The molecule has 2 N–H and O–H groups in total. The molecule has 1 unspecified atom stereocenters. The standard InChI is InChI=1S/C15H15N3O2/c1-9(15(19)20)18-14-12-7-6-10-4-2-3-5-11(10)13(12)16-8-17-14/h2-5,8-9H,6-7H2,1H3,(H,19,20)(H,16,17,18). The maximum atomic E-state index is 11.0. The summed E-state index contributed by atoms with van der Waals surface area (Å²) in [6.07, 6.45) is 3.23. The Hall–Kier alpha value is -2.43.